The van der Waals surface area contributed by atoms with Crippen molar-refractivity contribution in [1.82, 2.24) is 10.3 Å². The number of amides is 1. The lowest BCUT2D eigenvalue weighted by molar-refractivity contribution is 0.0953. The number of aromatic nitrogens is 1. The first-order chi connectivity index (χ1) is 9.17. The number of carbonyl (C=O) groups is 1. The molecular weight excluding hydrogens is 260 g/mol. The Kier molecular flexibility index (Phi) is 3.35. The van der Waals surface area contributed by atoms with Gasteiger partial charge in [0, 0.05) is 12.1 Å². The summed E-state index contributed by atoms with van der Waals surface area (Å²) in [6.45, 7) is 2.15. The van der Waals surface area contributed by atoms with Gasteiger partial charge in [-0.15, -0.1) is 0 Å². The van der Waals surface area contributed by atoms with Gasteiger partial charge in [-0.1, -0.05) is 24.7 Å². The highest BCUT2D eigenvalue weighted by molar-refractivity contribution is 7.18. The Labute approximate surface area is 117 Å². The number of thiazole rings is 1. The molecule has 2 aliphatic rings. The van der Waals surface area contributed by atoms with Gasteiger partial charge in [0.2, 0.25) is 0 Å². The largest absolute Gasteiger partial charge is 0.382 e. The van der Waals surface area contributed by atoms with E-state index < -0.39 is 0 Å². The summed E-state index contributed by atoms with van der Waals surface area (Å²) in [5, 5.41) is 7.13. The van der Waals surface area contributed by atoms with Crippen LogP contribution in [0.5, 0.6) is 0 Å². The normalized spacial score (nSPS) is 25.7. The molecule has 1 aromatic rings. The SMILES string of the molecule is CCC1CC1NC(=O)c1sc(NC2CCC2)nc1N. The zero-order valence-electron chi connectivity index (χ0n) is 11.1. The Bertz CT molecular complexity index is 483. The number of hydrogen-bond donors (Lipinski definition) is 3. The molecule has 3 rings (SSSR count). The van der Waals surface area contributed by atoms with Crippen LogP contribution in [0.2, 0.25) is 0 Å². The summed E-state index contributed by atoms with van der Waals surface area (Å²) in [7, 11) is 0. The molecule has 0 bridgehead atoms. The molecule has 1 amide bonds. The highest BCUT2D eigenvalue weighted by Gasteiger charge is 2.37. The molecule has 104 valence electrons. The van der Waals surface area contributed by atoms with E-state index in [1.54, 1.807) is 0 Å². The van der Waals surface area contributed by atoms with E-state index in [1.165, 1.54) is 30.6 Å². The molecule has 0 aliphatic heterocycles. The summed E-state index contributed by atoms with van der Waals surface area (Å²) >= 11 is 1.36. The van der Waals surface area contributed by atoms with Crippen LogP contribution in [0, 0.1) is 5.92 Å². The zero-order valence-corrected chi connectivity index (χ0v) is 11.9. The van der Waals surface area contributed by atoms with E-state index in [2.05, 4.69) is 22.5 Å². The average molecular weight is 280 g/mol. The molecule has 2 saturated carbocycles. The molecule has 0 spiro atoms. The lowest BCUT2D eigenvalue weighted by Gasteiger charge is -2.25. The molecule has 19 heavy (non-hydrogen) atoms. The predicted molar refractivity (Wildman–Crippen MR) is 77.4 cm³/mol. The van der Waals surface area contributed by atoms with E-state index in [0.717, 1.165) is 18.0 Å². The minimum absolute atomic E-state index is 0.0717. The van der Waals surface area contributed by atoms with Crippen molar-refractivity contribution in [3.63, 3.8) is 0 Å². The van der Waals surface area contributed by atoms with Crippen LogP contribution in [0.15, 0.2) is 0 Å². The molecule has 2 aliphatic carbocycles. The van der Waals surface area contributed by atoms with Gasteiger partial charge in [-0.05, 0) is 31.6 Å². The highest BCUT2D eigenvalue weighted by Crippen LogP contribution is 2.34. The zero-order chi connectivity index (χ0) is 13.4. The van der Waals surface area contributed by atoms with Gasteiger partial charge < -0.3 is 16.4 Å². The van der Waals surface area contributed by atoms with Crippen molar-refractivity contribution in [2.24, 2.45) is 5.92 Å². The molecule has 0 radical (unpaired) electrons. The number of nitrogens with zero attached hydrogens (tertiary/aromatic N) is 1. The lowest BCUT2D eigenvalue weighted by atomic mass is 9.93. The van der Waals surface area contributed by atoms with Crippen molar-refractivity contribution in [2.45, 2.75) is 51.1 Å². The first-order valence-electron chi connectivity index (χ1n) is 7.01. The molecule has 2 unspecified atom stereocenters. The molecule has 2 fully saturated rings. The summed E-state index contributed by atoms with van der Waals surface area (Å²) < 4.78 is 0. The molecule has 6 heteroatoms. The lowest BCUT2D eigenvalue weighted by Crippen LogP contribution is -2.27. The molecule has 0 saturated heterocycles. The van der Waals surface area contributed by atoms with Crippen molar-refractivity contribution in [3.8, 4) is 0 Å². The minimum Gasteiger partial charge on any atom is -0.382 e. The molecule has 1 aromatic heterocycles. The second-order valence-electron chi connectivity index (χ2n) is 5.49. The Hall–Kier alpha value is -1.30. The summed E-state index contributed by atoms with van der Waals surface area (Å²) in [4.78, 5) is 16.9. The van der Waals surface area contributed by atoms with Gasteiger partial charge in [-0.2, -0.15) is 0 Å². The van der Waals surface area contributed by atoms with Crippen molar-refractivity contribution in [2.75, 3.05) is 11.1 Å². The second-order valence-corrected chi connectivity index (χ2v) is 6.49. The number of hydrogen-bond acceptors (Lipinski definition) is 5. The number of nitrogen functional groups attached to an aromatic ring is 1. The highest BCUT2D eigenvalue weighted by atomic mass is 32.1. The molecule has 4 N–H and O–H groups in total. The van der Waals surface area contributed by atoms with E-state index in [0.29, 0.717) is 28.7 Å². The van der Waals surface area contributed by atoms with E-state index in [9.17, 15) is 4.79 Å². The van der Waals surface area contributed by atoms with Crippen LogP contribution in [-0.4, -0.2) is 23.0 Å². The summed E-state index contributed by atoms with van der Waals surface area (Å²) in [5.74, 6) is 0.918. The van der Waals surface area contributed by atoms with Crippen molar-refractivity contribution < 1.29 is 4.79 Å². The van der Waals surface area contributed by atoms with Crippen LogP contribution in [0.25, 0.3) is 0 Å². The Morgan fingerprint density at radius 2 is 2.32 bits per heavy atom. The van der Waals surface area contributed by atoms with Crippen LogP contribution in [0.1, 0.15) is 48.7 Å². The number of anilines is 2. The molecule has 5 nitrogen and oxygen atoms in total. The van der Waals surface area contributed by atoms with Crippen LogP contribution in [-0.2, 0) is 0 Å². The van der Waals surface area contributed by atoms with E-state index >= 15 is 0 Å². The van der Waals surface area contributed by atoms with E-state index in [-0.39, 0.29) is 5.91 Å². The van der Waals surface area contributed by atoms with Crippen LogP contribution in [0.4, 0.5) is 10.9 Å². The maximum Gasteiger partial charge on any atom is 0.265 e. The molecular formula is C13H20N4OS. The third kappa shape index (κ3) is 2.68. The van der Waals surface area contributed by atoms with Crippen LogP contribution < -0.4 is 16.4 Å². The molecule has 0 aromatic carbocycles. The minimum atomic E-state index is -0.0717. The van der Waals surface area contributed by atoms with Crippen LogP contribution in [0.3, 0.4) is 0 Å². The maximum absolute atomic E-state index is 12.1. The first-order valence-corrected chi connectivity index (χ1v) is 7.82. The van der Waals surface area contributed by atoms with Crippen LogP contribution >= 0.6 is 11.3 Å². The van der Waals surface area contributed by atoms with Gasteiger partial charge in [-0.25, -0.2) is 4.98 Å². The Morgan fingerprint density at radius 3 is 2.89 bits per heavy atom. The second kappa shape index (κ2) is 5.00. The standard InChI is InChI=1S/C13H20N4OS/c1-2-7-6-9(7)16-12(18)10-11(14)17-13(19-10)15-8-4-3-5-8/h7-9H,2-6,14H2,1H3,(H,15,17)(H,16,18). The molecule has 2 atom stereocenters. The fourth-order valence-electron chi connectivity index (χ4n) is 2.39. The van der Waals surface area contributed by atoms with Gasteiger partial charge >= 0.3 is 0 Å². The Morgan fingerprint density at radius 1 is 1.53 bits per heavy atom. The number of rotatable bonds is 5. The average Bonchev–Trinajstić information content (AvgIpc) is 2.97. The number of nitrogens with one attached hydrogen (secondary N) is 2. The third-order valence-corrected chi connectivity index (χ3v) is 5.06. The predicted octanol–water partition coefficient (Wildman–Crippen LogP) is 2.22. The Balaban J connectivity index is 1.61. The quantitative estimate of drug-likeness (QED) is 0.772. The molecule has 1 heterocycles. The van der Waals surface area contributed by atoms with Crippen molar-refractivity contribution in [1.29, 1.82) is 0 Å². The topological polar surface area (TPSA) is 80.0 Å². The maximum atomic E-state index is 12.1. The summed E-state index contributed by atoms with van der Waals surface area (Å²) in [6.07, 6.45) is 5.85. The van der Waals surface area contributed by atoms with E-state index in [1.807, 2.05) is 0 Å². The monoisotopic (exact) mass is 280 g/mol. The van der Waals surface area contributed by atoms with Gasteiger partial charge in [0.05, 0.1) is 0 Å². The first kappa shape index (κ1) is 12.7. The number of carbonyl (C=O) groups excluding carboxylic acids is 1. The van der Waals surface area contributed by atoms with Gasteiger partial charge in [-0.3, -0.25) is 4.79 Å². The van der Waals surface area contributed by atoms with Crippen molar-refractivity contribution in [3.05, 3.63) is 4.88 Å². The van der Waals surface area contributed by atoms with E-state index in [4.69, 9.17) is 5.73 Å². The third-order valence-electron chi connectivity index (χ3n) is 4.06. The smallest absolute Gasteiger partial charge is 0.265 e. The fraction of sp³-hybridized carbons (Fsp3) is 0.692. The van der Waals surface area contributed by atoms with Crippen molar-refractivity contribution >= 4 is 28.2 Å². The fourth-order valence-corrected chi connectivity index (χ4v) is 3.26. The van der Waals surface area contributed by atoms with Gasteiger partial charge in [0.15, 0.2) is 5.13 Å². The number of nitrogens with two attached hydrogens (primary N) is 1. The summed E-state index contributed by atoms with van der Waals surface area (Å²) in [6, 6.07) is 0.844. The van der Waals surface area contributed by atoms with Gasteiger partial charge in [0.25, 0.3) is 5.91 Å². The van der Waals surface area contributed by atoms with Gasteiger partial charge in [0.1, 0.15) is 10.7 Å². The summed E-state index contributed by atoms with van der Waals surface area (Å²) in [5.41, 5.74) is 5.84.